The van der Waals surface area contributed by atoms with E-state index in [1.54, 1.807) is 42.5 Å². The average molecular weight is 403 g/mol. The number of nitrogens with one attached hydrogen (secondary N) is 1. The molecule has 0 aromatic heterocycles. The van der Waals surface area contributed by atoms with Crippen LogP contribution in [0.3, 0.4) is 0 Å². The first-order chi connectivity index (χ1) is 14.1. The highest BCUT2D eigenvalue weighted by Crippen LogP contribution is 2.29. The van der Waals surface area contributed by atoms with Crippen molar-refractivity contribution in [3.8, 4) is 23.0 Å². The fraction of sp³-hybridized carbons (Fsp3) is 0.333. The second kappa shape index (κ2) is 11.4. The largest absolute Gasteiger partial charge is 0.494 e. The lowest BCUT2D eigenvalue weighted by atomic mass is 10.2. The molecule has 0 aliphatic heterocycles. The number of benzene rings is 2. The van der Waals surface area contributed by atoms with Crippen molar-refractivity contribution in [3.05, 3.63) is 42.5 Å². The minimum Gasteiger partial charge on any atom is -0.494 e. The Balaban J connectivity index is 1.87. The molecule has 0 bridgehead atoms. The zero-order valence-electron chi connectivity index (χ0n) is 16.7. The van der Waals surface area contributed by atoms with Gasteiger partial charge < -0.3 is 29.0 Å². The molecule has 0 aliphatic carbocycles. The van der Waals surface area contributed by atoms with Crippen LogP contribution in [0.15, 0.2) is 42.5 Å². The van der Waals surface area contributed by atoms with E-state index >= 15 is 0 Å². The Kier molecular flexibility index (Phi) is 8.62. The summed E-state index contributed by atoms with van der Waals surface area (Å²) in [5.41, 5.74) is 0.434. The van der Waals surface area contributed by atoms with E-state index in [0.717, 1.165) is 0 Å². The quantitative estimate of drug-likeness (QED) is 0.577. The number of esters is 1. The van der Waals surface area contributed by atoms with Crippen LogP contribution in [0, 0.1) is 0 Å². The molecule has 0 fully saturated rings. The molecule has 29 heavy (non-hydrogen) atoms. The molecule has 0 aliphatic rings. The Morgan fingerprint density at radius 2 is 1.59 bits per heavy atom. The summed E-state index contributed by atoms with van der Waals surface area (Å²) in [6.07, 6.45) is 0. The molecule has 0 saturated heterocycles. The molecule has 156 valence electrons. The van der Waals surface area contributed by atoms with Crippen molar-refractivity contribution in [2.24, 2.45) is 0 Å². The fourth-order valence-corrected chi connectivity index (χ4v) is 2.39. The molecule has 8 heteroatoms. The molecule has 2 rings (SSSR count). The number of anilines is 1. The Labute approximate surface area is 169 Å². The van der Waals surface area contributed by atoms with Crippen LogP contribution in [-0.2, 0) is 14.3 Å². The molecule has 0 atom stereocenters. The summed E-state index contributed by atoms with van der Waals surface area (Å²) >= 11 is 0. The van der Waals surface area contributed by atoms with Crippen LogP contribution >= 0.6 is 0 Å². The number of hydrogen-bond donors (Lipinski definition) is 1. The van der Waals surface area contributed by atoms with Crippen molar-refractivity contribution in [2.45, 2.75) is 13.8 Å². The summed E-state index contributed by atoms with van der Waals surface area (Å²) < 4.78 is 26.4. The van der Waals surface area contributed by atoms with E-state index in [-0.39, 0.29) is 6.61 Å². The number of carbonyl (C=O) groups is 2. The van der Waals surface area contributed by atoms with Gasteiger partial charge >= 0.3 is 5.97 Å². The molecular weight excluding hydrogens is 378 g/mol. The summed E-state index contributed by atoms with van der Waals surface area (Å²) in [5, 5.41) is 2.66. The van der Waals surface area contributed by atoms with Gasteiger partial charge in [0, 0.05) is 6.07 Å². The van der Waals surface area contributed by atoms with Gasteiger partial charge in [0.1, 0.15) is 11.5 Å². The molecule has 0 radical (unpaired) electrons. The lowest BCUT2D eigenvalue weighted by Crippen LogP contribution is -2.24. The lowest BCUT2D eigenvalue weighted by Gasteiger charge is -2.14. The van der Waals surface area contributed by atoms with Crippen LogP contribution in [0.25, 0.3) is 0 Å². The summed E-state index contributed by atoms with van der Waals surface area (Å²) in [6.45, 7) is 3.82. The number of rotatable bonds is 11. The highest BCUT2D eigenvalue weighted by Gasteiger charge is 2.13. The normalized spacial score (nSPS) is 10.0. The third-order valence-electron chi connectivity index (χ3n) is 3.61. The van der Waals surface area contributed by atoms with Crippen LogP contribution in [0.5, 0.6) is 23.0 Å². The van der Waals surface area contributed by atoms with E-state index in [2.05, 4.69) is 5.32 Å². The monoisotopic (exact) mass is 403 g/mol. The van der Waals surface area contributed by atoms with Crippen LogP contribution < -0.4 is 24.3 Å². The molecule has 2 aromatic carbocycles. The zero-order chi connectivity index (χ0) is 21.1. The summed E-state index contributed by atoms with van der Waals surface area (Å²) in [4.78, 5) is 24.0. The maximum Gasteiger partial charge on any atom is 0.344 e. The number of amides is 1. The molecular formula is C21H25NO7. The van der Waals surface area contributed by atoms with Crippen molar-refractivity contribution >= 4 is 17.6 Å². The maximum atomic E-state index is 12.2. The molecule has 0 heterocycles. The van der Waals surface area contributed by atoms with Gasteiger partial charge in [0.25, 0.3) is 5.91 Å². The third kappa shape index (κ3) is 6.91. The number of methoxy groups -OCH3 is 1. The van der Waals surface area contributed by atoms with E-state index in [9.17, 15) is 9.59 Å². The van der Waals surface area contributed by atoms with Crippen LogP contribution in [0.1, 0.15) is 13.8 Å². The average Bonchev–Trinajstić information content (AvgIpc) is 2.73. The van der Waals surface area contributed by atoms with Crippen molar-refractivity contribution in [3.63, 3.8) is 0 Å². The smallest absolute Gasteiger partial charge is 0.344 e. The predicted octanol–water partition coefficient (Wildman–Crippen LogP) is 3.05. The van der Waals surface area contributed by atoms with Gasteiger partial charge in [0.15, 0.2) is 24.7 Å². The molecule has 0 spiro atoms. The first-order valence-corrected chi connectivity index (χ1v) is 9.18. The number of carbonyl (C=O) groups excluding carboxylic acids is 2. The van der Waals surface area contributed by atoms with E-state index in [4.69, 9.17) is 23.7 Å². The van der Waals surface area contributed by atoms with E-state index < -0.39 is 18.5 Å². The second-order valence-electron chi connectivity index (χ2n) is 5.67. The van der Waals surface area contributed by atoms with Gasteiger partial charge in [-0.15, -0.1) is 0 Å². The van der Waals surface area contributed by atoms with Crippen molar-refractivity contribution in [1.29, 1.82) is 0 Å². The first kappa shape index (κ1) is 21.9. The van der Waals surface area contributed by atoms with Crippen molar-refractivity contribution < 1.29 is 33.3 Å². The highest BCUT2D eigenvalue weighted by molar-refractivity contribution is 5.94. The van der Waals surface area contributed by atoms with Gasteiger partial charge in [-0.3, -0.25) is 4.79 Å². The Morgan fingerprint density at radius 1 is 0.862 bits per heavy atom. The van der Waals surface area contributed by atoms with Gasteiger partial charge in [-0.2, -0.15) is 0 Å². The summed E-state index contributed by atoms with van der Waals surface area (Å²) in [7, 11) is 1.50. The number of hydrogen-bond acceptors (Lipinski definition) is 7. The van der Waals surface area contributed by atoms with Gasteiger partial charge in [-0.25, -0.2) is 4.79 Å². The number of ether oxygens (including phenoxy) is 5. The minimum atomic E-state index is -0.681. The van der Waals surface area contributed by atoms with Crippen molar-refractivity contribution in [2.75, 3.05) is 38.9 Å². The molecule has 1 amide bonds. The molecule has 0 saturated carbocycles. The second-order valence-corrected chi connectivity index (χ2v) is 5.67. The van der Waals surface area contributed by atoms with Gasteiger partial charge in [-0.1, -0.05) is 12.1 Å². The summed E-state index contributed by atoms with van der Waals surface area (Å²) in [6, 6.07) is 12.0. The predicted molar refractivity (Wildman–Crippen MR) is 107 cm³/mol. The standard InChI is InChI=1S/C21H25NO7/c1-4-26-15-10-11-17(27-5-2)16(12-15)22-20(23)13-29-21(24)14-28-19-9-7-6-8-18(19)25-3/h6-12H,4-5,13-14H2,1-3H3,(H,22,23). The Bertz CT molecular complexity index is 822. The van der Waals surface area contributed by atoms with E-state index in [1.807, 2.05) is 13.8 Å². The lowest BCUT2D eigenvalue weighted by molar-refractivity contribution is -0.149. The topological polar surface area (TPSA) is 92.3 Å². The van der Waals surface area contributed by atoms with E-state index in [1.165, 1.54) is 7.11 Å². The highest BCUT2D eigenvalue weighted by atomic mass is 16.6. The zero-order valence-corrected chi connectivity index (χ0v) is 16.7. The van der Waals surface area contributed by atoms with Gasteiger partial charge in [0.05, 0.1) is 26.0 Å². The van der Waals surface area contributed by atoms with Crippen LogP contribution in [-0.4, -0.2) is 45.4 Å². The third-order valence-corrected chi connectivity index (χ3v) is 3.61. The minimum absolute atomic E-state index is 0.350. The number of para-hydroxylation sites is 2. The Hall–Kier alpha value is -3.42. The molecule has 1 N–H and O–H groups in total. The van der Waals surface area contributed by atoms with Crippen LogP contribution in [0.4, 0.5) is 5.69 Å². The Morgan fingerprint density at radius 3 is 2.28 bits per heavy atom. The molecule has 8 nitrogen and oxygen atoms in total. The fourth-order valence-electron chi connectivity index (χ4n) is 2.39. The van der Waals surface area contributed by atoms with Crippen molar-refractivity contribution in [1.82, 2.24) is 0 Å². The van der Waals surface area contributed by atoms with Gasteiger partial charge in [-0.05, 0) is 38.1 Å². The van der Waals surface area contributed by atoms with Crippen LogP contribution in [0.2, 0.25) is 0 Å². The van der Waals surface area contributed by atoms with E-state index in [0.29, 0.717) is 41.9 Å². The first-order valence-electron chi connectivity index (χ1n) is 9.18. The summed E-state index contributed by atoms with van der Waals surface area (Å²) in [5.74, 6) is 0.800. The van der Waals surface area contributed by atoms with Gasteiger partial charge in [0.2, 0.25) is 0 Å². The SMILES string of the molecule is CCOc1ccc(OCC)c(NC(=O)COC(=O)COc2ccccc2OC)c1. The molecule has 2 aromatic rings. The molecule has 0 unspecified atom stereocenters. The maximum absolute atomic E-state index is 12.2.